The minimum absolute atomic E-state index is 0. The fourth-order valence-electron chi connectivity index (χ4n) is 7.87. The van der Waals surface area contributed by atoms with E-state index in [1.54, 1.807) is 4.90 Å². The van der Waals surface area contributed by atoms with E-state index < -0.39 is 59.0 Å². The first-order valence-corrected chi connectivity index (χ1v) is 18.2. The molecule has 5 rings (SSSR count). The van der Waals surface area contributed by atoms with Crippen LogP contribution in [0, 0.1) is 23.2 Å². The van der Waals surface area contributed by atoms with Gasteiger partial charge in [-0.05, 0) is 68.1 Å². The summed E-state index contributed by atoms with van der Waals surface area (Å²) in [6.45, 7) is 7.85. The predicted octanol–water partition coefficient (Wildman–Crippen LogP) is 5.74. The van der Waals surface area contributed by atoms with Crippen LogP contribution in [-0.2, 0) is 24.0 Å². The zero-order valence-corrected chi connectivity index (χ0v) is 30.8. The number of carbonyl (C=O) groups excluding carboxylic acids is 6. The van der Waals surface area contributed by atoms with Gasteiger partial charge < -0.3 is 26.2 Å². The van der Waals surface area contributed by atoms with Crippen molar-refractivity contribution >= 4 is 48.8 Å². The van der Waals surface area contributed by atoms with Crippen molar-refractivity contribution in [2.24, 2.45) is 23.2 Å². The highest BCUT2D eigenvalue weighted by atomic mass is 32.1. The molecule has 0 spiro atoms. The number of hydrogen-bond acceptors (Lipinski definition) is 8. The number of likely N-dealkylation sites (tertiary alicyclic amines) is 1. The first-order chi connectivity index (χ1) is 23.4. The third kappa shape index (κ3) is 13.3. The molecular formula is C41H75N7O6S. The van der Waals surface area contributed by atoms with Gasteiger partial charge in [-0.3, -0.25) is 33.8 Å². The lowest BCUT2D eigenvalue weighted by Gasteiger charge is -2.38. The van der Waals surface area contributed by atoms with E-state index in [1.807, 2.05) is 27.7 Å². The van der Waals surface area contributed by atoms with Crippen molar-refractivity contribution < 1.29 is 28.8 Å². The Hall–Kier alpha value is -3.55. The number of ketones is 1. The molecule has 1 aromatic rings. The molecule has 4 fully saturated rings. The molecule has 0 aromatic carbocycles. The number of carbonyl (C=O) groups is 6. The third-order valence-corrected chi connectivity index (χ3v) is 10.7. The molecule has 0 unspecified atom stereocenters. The van der Waals surface area contributed by atoms with Gasteiger partial charge in [0.25, 0.3) is 11.8 Å². The van der Waals surface area contributed by atoms with Gasteiger partial charge in [0.1, 0.15) is 23.8 Å². The number of hydrogen-bond donors (Lipinski definition) is 4. The molecule has 0 radical (unpaired) electrons. The number of aromatic nitrogens is 2. The smallest absolute Gasteiger partial charge is 0.289 e. The van der Waals surface area contributed by atoms with Crippen molar-refractivity contribution in [2.75, 3.05) is 6.54 Å². The summed E-state index contributed by atoms with van der Waals surface area (Å²) in [7, 11) is 0. The highest BCUT2D eigenvalue weighted by Crippen LogP contribution is 2.43. The monoisotopic (exact) mass is 794 g/mol. The SMILES string of the molecule is C.C.C.C.C.CCC[C@H](NC(=O)[C@H]1[C@@H]2CCC[C@H]2CN1C(=O)[C@H](NC(=O)[C@H](NC(=O)c1cnccn1)C1CCCCC1)C(C)(C)C)C(=O)C(=O)NC1CC1.S. The maximum absolute atomic E-state index is 14.6. The summed E-state index contributed by atoms with van der Waals surface area (Å²) < 4.78 is 0. The predicted molar refractivity (Wildman–Crippen MR) is 225 cm³/mol. The molecule has 1 aliphatic heterocycles. The molecule has 316 valence electrons. The Morgan fingerprint density at radius 2 is 1.49 bits per heavy atom. The average Bonchev–Trinajstić information content (AvgIpc) is 3.65. The summed E-state index contributed by atoms with van der Waals surface area (Å²) in [6.07, 6.45) is 13.9. The Balaban J connectivity index is 0. The number of nitrogens with zero attached hydrogens (tertiary/aromatic N) is 3. The Morgan fingerprint density at radius 3 is 2.05 bits per heavy atom. The highest BCUT2D eigenvalue weighted by molar-refractivity contribution is 7.59. The molecule has 5 amide bonds. The van der Waals surface area contributed by atoms with Gasteiger partial charge in [-0.1, -0.05) is 96.9 Å². The normalized spacial score (nSPS) is 21.6. The summed E-state index contributed by atoms with van der Waals surface area (Å²) in [5.74, 6) is -3.20. The van der Waals surface area contributed by atoms with Gasteiger partial charge in [-0.25, -0.2) is 4.98 Å². The lowest BCUT2D eigenvalue weighted by atomic mass is 9.82. The van der Waals surface area contributed by atoms with Gasteiger partial charge in [-0.2, -0.15) is 13.5 Å². The molecule has 14 heteroatoms. The van der Waals surface area contributed by atoms with E-state index in [0.717, 1.165) is 64.2 Å². The van der Waals surface area contributed by atoms with Gasteiger partial charge in [0.05, 0.1) is 12.2 Å². The summed E-state index contributed by atoms with van der Waals surface area (Å²) in [5, 5.41) is 11.5. The first kappa shape index (κ1) is 53.6. The van der Waals surface area contributed by atoms with Crippen LogP contribution in [0.25, 0.3) is 0 Å². The molecule has 2 heterocycles. The van der Waals surface area contributed by atoms with Gasteiger partial charge in [0.15, 0.2) is 0 Å². The van der Waals surface area contributed by atoms with Crippen LogP contribution in [0.15, 0.2) is 18.6 Å². The molecule has 1 saturated heterocycles. The standard InChI is InChI=1S/C36H53N7O6.5CH4.H2S/c1-5-10-25(29(44)34(48)39-23-15-16-23)40-33(47)28-24-14-9-13-22(24)20-43(28)35(49)30(36(2,3)4)42-32(46)27(21-11-7-6-8-12-21)41-31(45)26-19-37-17-18-38-26;;;;;;/h17-19,21-25,27-28,30H,5-16,20H2,1-4H3,(H,39,48)(H,40,47)(H,41,45)(H,42,46);5*1H4;1H2/t22-,24+,25-,27+,28+,30-;;;;;;/m0....../s1. The lowest BCUT2D eigenvalue weighted by molar-refractivity contribution is -0.146. The van der Waals surface area contributed by atoms with Crippen molar-refractivity contribution in [3.8, 4) is 0 Å². The molecule has 0 bridgehead atoms. The molecule has 3 saturated carbocycles. The second kappa shape index (κ2) is 23.5. The van der Waals surface area contributed by atoms with Crippen LogP contribution in [0.1, 0.15) is 152 Å². The number of nitrogens with one attached hydrogen (secondary N) is 4. The van der Waals surface area contributed by atoms with Crippen LogP contribution >= 0.6 is 13.5 Å². The molecule has 3 aliphatic carbocycles. The number of amides is 5. The summed E-state index contributed by atoms with van der Waals surface area (Å²) in [5.41, 5.74) is -0.638. The van der Waals surface area contributed by atoms with Gasteiger partial charge in [0, 0.05) is 25.0 Å². The van der Waals surface area contributed by atoms with Gasteiger partial charge >= 0.3 is 0 Å². The fourth-order valence-corrected chi connectivity index (χ4v) is 7.87. The summed E-state index contributed by atoms with van der Waals surface area (Å²) in [4.78, 5) is 91.4. The van der Waals surface area contributed by atoms with Crippen molar-refractivity contribution in [2.45, 2.75) is 172 Å². The zero-order chi connectivity index (χ0) is 35.3. The van der Waals surface area contributed by atoms with E-state index in [4.69, 9.17) is 0 Å². The second-order valence-electron chi connectivity index (χ2n) is 15.5. The van der Waals surface area contributed by atoms with Crippen molar-refractivity contribution in [3.63, 3.8) is 0 Å². The molecule has 1 aromatic heterocycles. The van der Waals surface area contributed by atoms with Crippen molar-refractivity contribution in [1.82, 2.24) is 36.1 Å². The maximum Gasteiger partial charge on any atom is 0.289 e. The quantitative estimate of drug-likeness (QED) is 0.183. The number of rotatable bonds is 13. The molecule has 4 N–H and O–H groups in total. The summed E-state index contributed by atoms with van der Waals surface area (Å²) in [6, 6.07) is -3.68. The number of Topliss-reactive ketones (excluding diaryl/α,β-unsaturated/α-hetero) is 1. The average molecular weight is 794 g/mol. The Bertz CT molecular complexity index is 1400. The van der Waals surface area contributed by atoms with E-state index >= 15 is 0 Å². The maximum atomic E-state index is 14.6. The summed E-state index contributed by atoms with van der Waals surface area (Å²) >= 11 is 0. The molecular weight excluding hydrogens is 719 g/mol. The number of fused-ring (bicyclic) bond motifs is 1. The van der Waals surface area contributed by atoms with Crippen LogP contribution in [0.4, 0.5) is 0 Å². The lowest BCUT2D eigenvalue weighted by Crippen LogP contribution is -2.62. The van der Waals surface area contributed by atoms with Gasteiger partial charge in [0.2, 0.25) is 23.5 Å². The minimum atomic E-state index is -0.994. The second-order valence-corrected chi connectivity index (χ2v) is 15.5. The van der Waals surface area contributed by atoms with E-state index in [1.165, 1.54) is 18.6 Å². The van der Waals surface area contributed by atoms with E-state index in [0.29, 0.717) is 19.4 Å². The van der Waals surface area contributed by atoms with E-state index in [9.17, 15) is 28.8 Å². The van der Waals surface area contributed by atoms with Crippen LogP contribution in [-0.4, -0.2) is 86.9 Å². The van der Waals surface area contributed by atoms with Crippen molar-refractivity contribution in [1.29, 1.82) is 0 Å². The molecule has 55 heavy (non-hydrogen) atoms. The minimum Gasteiger partial charge on any atom is -0.347 e. The van der Waals surface area contributed by atoms with Crippen molar-refractivity contribution in [3.05, 3.63) is 24.3 Å². The molecule has 4 aliphatic rings. The Labute approximate surface area is 339 Å². The highest BCUT2D eigenvalue weighted by Gasteiger charge is 2.52. The van der Waals surface area contributed by atoms with Crippen LogP contribution in [0.2, 0.25) is 0 Å². The van der Waals surface area contributed by atoms with E-state index in [-0.39, 0.29) is 86.0 Å². The molecule has 6 atom stereocenters. The Morgan fingerprint density at radius 1 is 0.836 bits per heavy atom. The van der Waals surface area contributed by atoms with Crippen LogP contribution < -0.4 is 21.3 Å². The zero-order valence-electron chi connectivity index (χ0n) is 29.8. The van der Waals surface area contributed by atoms with Gasteiger partial charge in [-0.15, -0.1) is 0 Å². The topological polar surface area (TPSA) is 180 Å². The van der Waals surface area contributed by atoms with E-state index in [2.05, 4.69) is 31.2 Å². The first-order valence-electron chi connectivity index (χ1n) is 18.2. The largest absolute Gasteiger partial charge is 0.347 e. The van der Waals surface area contributed by atoms with Crippen LogP contribution in [0.3, 0.4) is 0 Å². The Kier molecular flexibility index (Phi) is 22.9. The molecule has 13 nitrogen and oxygen atoms in total. The van der Waals surface area contributed by atoms with Crippen LogP contribution in [0.5, 0.6) is 0 Å². The fraction of sp³-hybridized carbons (Fsp3) is 0.756. The third-order valence-electron chi connectivity index (χ3n) is 10.7.